The summed E-state index contributed by atoms with van der Waals surface area (Å²) in [6.07, 6.45) is 0. The number of sulfonamides is 1. The van der Waals surface area contributed by atoms with Crippen molar-refractivity contribution in [1.29, 1.82) is 0 Å². The Morgan fingerprint density at radius 2 is 1.68 bits per heavy atom. The van der Waals surface area contributed by atoms with E-state index in [0.29, 0.717) is 29.7 Å². The standard InChI is InChI=1S/C17H17Cl2NO4S/c1-17(2,11-3-6-14-15(9-11)24-8-7-23-14)20-25(21,22)16-10-12(18)4-5-13(16)19/h3-6,9-10,20H,7-8H2,1-2H3. The highest BCUT2D eigenvalue weighted by molar-refractivity contribution is 7.89. The Morgan fingerprint density at radius 3 is 2.40 bits per heavy atom. The largest absolute Gasteiger partial charge is 0.486 e. The van der Waals surface area contributed by atoms with Crippen molar-refractivity contribution in [3.05, 3.63) is 52.0 Å². The third kappa shape index (κ3) is 3.87. The third-order valence-corrected chi connectivity index (χ3v) is 6.21. The smallest absolute Gasteiger partial charge is 0.242 e. The molecule has 8 heteroatoms. The first-order chi connectivity index (χ1) is 11.7. The van der Waals surface area contributed by atoms with E-state index in [2.05, 4.69) is 4.72 Å². The fraction of sp³-hybridized carbons (Fsp3) is 0.294. The van der Waals surface area contributed by atoms with Gasteiger partial charge in [0.1, 0.15) is 18.1 Å². The monoisotopic (exact) mass is 401 g/mol. The second kappa shape index (κ2) is 6.68. The predicted octanol–water partition coefficient (Wildman–Crippen LogP) is 3.98. The summed E-state index contributed by atoms with van der Waals surface area (Å²) in [5.41, 5.74) is -0.168. The van der Waals surface area contributed by atoms with Gasteiger partial charge in [0.2, 0.25) is 10.0 Å². The fourth-order valence-corrected chi connectivity index (χ4v) is 4.73. The van der Waals surface area contributed by atoms with E-state index < -0.39 is 15.6 Å². The van der Waals surface area contributed by atoms with Crippen molar-refractivity contribution < 1.29 is 17.9 Å². The first kappa shape index (κ1) is 18.3. The molecule has 0 spiro atoms. The third-order valence-electron chi connectivity index (χ3n) is 3.84. The second-order valence-corrected chi connectivity index (χ2v) is 8.66. The Labute approximate surface area is 156 Å². The summed E-state index contributed by atoms with van der Waals surface area (Å²) in [5.74, 6) is 1.24. The van der Waals surface area contributed by atoms with Gasteiger partial charge in [0.05, 0.1) is 10.6 Å². The molecule has 0 fully saturated rings. The minimum atomic E-state index is -3.88. The molecular formula is C17H17Cl2NO4S. The van der Waals surface area contributed by atoms with Crippen LogP contribution in [0, 0.1) is 0 Å². The Hall–Kier alpha value is -1.47. The van der Waals surface area contributed by atoms with Crippen LogP contribution in [-0.4, -0.2) is 21.6 Å². The van der Waals surface area contributed by atoms with Gasteiger partial charge in [-0.2, -0.15) is 0 Å². The van der Waals surface area contributed by atoms with E-state index in [1.54, 1.807) is 32.0 Å². The zero-order valence-electron chi connectivity index (χ0n) is 13.7. The first-order valence-corrected chi connectivity index (χ1v) is 9.82. The van der Waals surface area contributed by atoms with Gasteiger partial charge < -0.3 is 9.47 Å². The lowest BCUT2D eigenvalue weighted by Crippen LogP contribution is -2.41. The average Bonchev–Trinajstić information content (AvgIpc) is 2.55. The van der Waals surface area contributed by atoms with Gasteiger partial charge in [-0.3, -0.25) is 0 Å². The molecule has 3 rings (SSSR count). The van der Waals surface area contributed by atoms with E-state index in [1.807, 2.05) is 0 Å². The first-order valence-electron chi connectivity index (χ1n) is 7.58. The van der Waals surface area contributed by atoms with Crippen LogP contribution in [0.1, 0.15) is 19.4 Å². The normalized spacial score (nSPS) is 14.4. The van der Waals surface area contributed by atoms with Crippen molar-refractivity contribution in [1.82, 2.24) is 4.72 Å². The van der Waals surface area contributed by atoms with Crippen LogP contribution in [0.15, 0.2) is 41.3 Å². The maximum absolute atomic E-state index is 12.8. The molecule has 1 heterocycles. The molecule has 1 aliphatic rings. The van der Waals surface area contributed by atoms with Crippen LogP contribution < -0.4 is 14.2 Å². The van der Waals surface area contributed by atoms with Crippen LogP contribution in [0.4, 0.5) is 0 Å². The van der Waals surface area contributed by atoms with Crippen LogP contribution in [0.5, 0.6) is 11.5 Å². The molecule has 0 saturated heterocycles. The van der Waals surface area contributed by atoms with E-state index in [0.717, 1.165) is 5.56 Å². The molecule has 2 aromatic rings. The number of rotatable bonds is 4. The Kier molecular flexibility index (Phi) is 4.90. The number of ether oxygens (including phenoxy) is 2. The minimum absolute atomic E-state index is 0.0627. The molecule has 5 nitrogen and oxygen atoms in total. The van der Waals surface area contributed by atoms with Crippen molar-refractivity contribution in [3.8, 4) is 11.5 Å². The summed E-state index contributed by atoms with van der Waals surface area (Å²) in [4.78, 5) is -0.0627. The molecule has 134 valence electrons. The molecule has 1 aliphatic heterocycles. The molecule has 0 amide bonds. The average molecular weight is 402 g/mol. The molecule has 0 aromatic heterocycles. The summed E-state index contributed by atoms with van der Waals surface area (Å²) in [7, 11) is -3.88. The van der Waals surface area contributed by atoms with Crippen LogP contribution in [0.3, 0.4) is 0 Å². The minimum Gasteiger partial charge on any atom is -0.486 e. The SMILES string of the molecule is CC(C)(NS(=O)(=O)c1cc(Cl)ccc1Cl)c1ccc2c(c1)OCCO2. The van der Waals surface area contributed by atoms with Gasteiger partial charge in [-0.15, -0.1) is 0 Å². The quantitative estimate of drug-likeness (QED) is 0.841. The van der Waals surface area contributed by atoms with Gasteiger partial charge in [-0.25, -0.2) is 13.1 Å². The number of nitrogens with one attached hydrogen (secondary N) is 1. The van der Waals surface area contributed by atoms with Crippen molar-refractivity contribution in [2.24, 2.45) is 0 Å². The summed E-state index contributed by atoms with van der Waals surface area (Å²) in [5, 5.41) is 0.400. The van der Waals surface area contributed by atoms with E-state index in [1.165, 1.54) is 18.2 Å². The van der Waals surface area contributed by atoms with Gasteiger partial charge in [0.25, 0.3) is 0 Å². The summed E-state index contributed by atoms with van der Waals surface area (Å²) in [6.45, 7) is 4.47. The highest BCUT2D eigenvalue weighted by atomic mass is 35.5. The molecule has 25 heavy (non-hydrogen) atoms. The van der Waals surface area contributed by atoms with Crippen LogP contribution >= 0.6 is 23.2 Å². The van der Waals surface area contributed by atoms with E-state index in [9.17, 15) is 8.42 Å². The van der Waals surface area contributed by atoms with Crippen molar-refractivity contribution in [3.63, 3.8) is 0 Å². The molecule has 0 aliphatic carbocycles. The van der Waals surface area contributed by atoms with E-state index in [-0.39, 0.29) is 9.92 Å². The molecule has 0 saturated carbocycles. The number of hydrogen-bond acceptors (Lipinski definition) is 4. The zero-order chi connectivity index (χ0) is 18.2. The van der Waals surface area contributed by atoms with Gasteiger partial charge in [-0.05, 0) is 49.7 Å². The number of benzene rings is 2. The number of halogens is 2. The zero-order valence-corrected chi connectivity index (χ0v) is 16.0. The lowest BCUT2D eigenvalue weighted by atomic mass is 9.95. The second-order valence-electron chi connectivity index (χ2n) is 6.16. The van der Waals surface area contributed by atoms with Gasteiger partial charge >= 0.3 is 0 Å². The fourth-order valence-electron chi connectivity index (χ4n) is 2.57. The maximum Gasteiger partial charge on any atom is 0.242 e. The predicted molar refractivity (Wildman–Crippen MR) is 97.2 cm³/mol. The molecule has 0 unspecified atom stereocenters. The Balaban J connectivity index is 1.94. The highest BCUT2D eigenvalue weighted by Gasteiger charge is 2.30. The van der Waals surface area contributed by atoms with Crippen molar-refractivity contribution in [2.45, 2.75) is 24.3 Å². The lowest BCUT2D eigenvalue weighted by Gasteiger charge is -2.28. The van der Waals surface area contributed by atoms with Gasteiger partial charge in [0, 0.05) is 5.02 Å². The van der Waals surface area contributed by atoms with Gasteiger partial charge in [0.15, 0.2) is 11.5 Å². The maximum atomic E-state index is 12.8. The summed E-state index contributed by atoms with van der Waals surface area (Å²) in [6, 6.07) is 9.66. The topological polar surface area (TPSA) is 64.6 Å². The van der Waals surface area contributed by atoms with Crippen molar-refractivity contribution >= 4 is 33.2 Å². The Morgan fingerprint density at radius 1 is 1.00 bits per heavy atom. The van der Waals surface area contributed by atoms with Crippen LogP contribution in [0.2, 0.25) is 10.0 Å². The molecule has 0 radical (unpaired) electrons. The summed E-state index contributed by atoms with van der Waals surface area (Å²) >= 11 is 11.9. The molecular weight excluding hydrogens is 385 g/mol. The number of hydrogen-bond donors (Lipinski definition) is 1. The van der Waals surface area contributed by atoms with E-state index >= 15 is 0 Å². The van der Waals surface area contributed by atoms with Crippen LogP contribution in [-0.2, 0) is 15.6 Å². The van der Waals surface area contributed by atoms with Crippen LogP contribution in [0.25, 0.3) is 0 Å². The highest BCUT2D eigenvalue weighted by Crippen LogP contribution is 2.35. The molecule has 2 aromatic carbocycles. The Bertz CT molecular complexity index is 913. The number of fused-ring (bicyclic) bond motifs is 1. The molecule has 0 bridgehead atoms. The van der Waals surface area contributed by atoms with E-state index in [4.69, 9.17) is 32.7 Å². The molecule has 0 atom stereocenters. The lowest BCUT2D eigenvalue weighted by molar-refractivity contribution is 0.171. The summed E-state index contributed by atoms with van der Waals surface area (Å²) < 4.78 is 39.3. The van der Waals surface area contributed by atoms with Gasteiger partial charge in [-0.1, -0.05) is 29.3 Å². The molecule has 1 N–H and O–H groups in total. The van der Waals surface area contributed by atoms with Crippen molar-refractivity contribution in [2.75, 3.05) is 13.2 Å².